The second-order valence-electron chi connectivity index (χ2n) is 17.0. The van der Waals surface area contributed by atoms with Crippen molar-refractivity contribution in [2.75, 3.05) is 51.4 Å². The molecule has 3 aliphatic rings. The van der Waals surface area contributed by atoms with E-state index in [0.717, 1.165) is 40.3 Å². The monoisotopic (exact) mass is 845 g/mol. The van der Waals surface area contributed by atoms with Crippen LogP contribution in [0.15, 0.2) is 84.1 Å². The number of unbranched alkanes of at least 4 members (excludes halogenated alkanes) is 2. The fourth-order valence-electron chi connectivity index (χ4n) is 8.70. The summed E-state index contributed by atoms with van der Waals surface area (Å²) in [5, 5.41) is 25.3. The molecule has 1 fully saturated rings. The Morgan fingerprint density at radius 2 is 1.60 bits per heavy atom. The Hall–Kier alpha value is -5.29. The van der Waals surface area contributed by atoms with E-state index in [1.807, 2.05) is 74.6 Å². The summed E-state index contributed by atoms with van der Waals surface area (Å²) >= 11 is 0. The van der Waals surface area contributed by atoms with Crippen molar-refractivity contribution in [2.24, 2.45) is 5.92 Å². The highest BCUT2D eigenvalue weighted by molar-refractivity contribution is 7.85. The third kappa shape index (κ3) is 9.06. The SMILES string of the molecule is CN(CCCCCC(=O)On1c(O)ccc1O)CCNC(=O)C(CS(=O)(=O)O)NC1C(=CC2=[N+](C)c3ccccc3C2(C)C)C(=O)C1C=C1N(C)c2ccccc2C1(C)C. The minimum Gasteiger partial charge on any atom is -0.492 e. The minimum absolute atomic E-state index is 0.0873. The van der Waals surface area contributed by atoms with E-state index in [2.05, 4.69) is 59.9 Å². The molecule has 3 heterocycles. The molecule has 5 N–H and O–H groups in total. The van der Waals surface area contributed by atoms with E-state index in [1.165, 1.54) is 12.1 Å². The number of rotatable bonds is 17. The van der Waals surface area contributed by atoms with Crippen molar-refractivity contribution in [1.82, 2.24) is 20.3 Å². The lowest BCUT2D eigenvalue weighted by molar-refractivity contribution is -0.401. The predicted molar refractivity (Wildman–Crippen MR) is 228 cm³/mol. The zero-order chi connectivity index (χ0) is 43.7. The molecule has 322 valence electrons. The smallest absolute Gasteiger partial charge is 0.333 e. The molecule has 0 bridgehead atoms. The number of anilines is 1. The van der Waals surface area contributed by atoms with Crippen molar-refractivity contribution < 1.29 is 47.0 Å². The molecule has 3 atom stereocenters. The van der Waals surface area contributed by atoms with Gasteiger partial charge in [-0.05, 0) is 51.9 Å². The molecule has 1 saturated carbocycles. The molecule has 1 aliphatic carbocycles. The third-order valence-corrected chi connectivity index (χ3v) is 12.8. The number of fused-ring (bicyclic) bond motifs is 2. The molecule has 3 aromatic rings. The summed E-state index contributed by atoms with van der Waals surface area (Å²) in [6, 6.07) is 16.4. The summed E-state index contributed by atoms with van der Waals surface area (Å²) in [6.45, 7) is 9.64. The lowest BCUT2D eigenvalue weighted by Crippen LogP contribution is -2.61. The van der Waals surface area contributed by atoms with Crippen LogP contribution in [0.2, 0.25) is 0 Å². The molecule has 16 heteroatoms. The maximum Gasteiger partial charge on any atom is 0.333 e. The number of hydrogen-bond donors (Lipinski definition) is 5. The summed E-state index contributed by atoms with van der Waals surface area (Å²) < 4.78 is 37.5. The number of aromatic hydroxyl groups is 2. The number of carbonyl (C=O) groups is 3. The highest BCUT2D eigenvalue weighted by Gasteiger charge is 2.51. The first-order chi connectivity index (χ1) is 28.2. The molecule has 1 aromatic heterocycles. The molecule has 15 nitrogen and oxygen atoms in total. The average molecular weight is 846 g/mol. The molecule has 3 unspecified atom stereocenters. The van der Waals surface area contributed by atoms with E-state index in [0.29, 0.717) is 36.2 Å². The Kier molecular flexibility index (Phi) is 12.8. The molecule has 2 aromatic carbocycles. The van der Waals surface area contributed by atoms with Crippen molar-refractivity contribution in [1.29, 1.82) is 0 Å². The summed E-state index contributed by atoms with van der Waals surface area (Å²) in [5.41, 5.74) is 5.56. The van der Waals surface area contributed by atoms with Crippen LogP contribution in [0.5, 0.6) is 11.8 Å². The van der Waals surface area contributed by atoms with Gasteiger partial charge in [0.25, 0.3) is 10.1 Å². The number of likely N-dealkylation sites (N-methyl/N-ethyl adjacent to an activating group) is 2. The number of nitrogens with one attached hydrogen (secondary N) is 2. The second kappa shape index (κ2) is 17.4. The fraction of sp³-hybridized carbons (Fsp3) is 0.455. The van der Waals surface area contributed by atoms with Gasteiger partial charge in [-0.2, -0.15) is 13.0 Å². The van der Waals surface area contributed by atoms with Crippen LogP contribution in [0.1, 0.15) is 64.5 Å². The lowest BCUT2D eigenvalue weighted by atomic mass is 9.69. The van der Waals surface area contributed by atoms with Crippen LogP contribution >= 0.6 is 0 Å². The summed E-state index contributed by atoms with van der Waals surface area (Å²) in [7, 11) is 1.14. The van der Waals surface area contributed by atoms with Gasteiger partial charge in [0, 0.05) is 78.8 Å². The van der Waals surface area contributed by atoms with Crippen LogP contribution in [0, 0.1) is 5.92 Å². The highest BCUT2D eigenvalue weighted by Crippen LogP contribution is 2.48. The van der Waals surface area contributed by atoms with Gasteiger partial charge in [0.1, 0.15) is 13.1 Å². The van der Waals surface area contributed by atoms with Gasteiger partial charge in [-0.15, -0.1) is 4.73 Å². The Bertz CT molecular complexity index is 2340. The lowest BCUT2D eigenvalue weighted by Gasteiger charge is -2.40. The molecule has 6 rings (SSSR count). The molecule has 0 saturated heterocycles. The number of para-hydroxylation sites is 2. The predicted octanol–water partition coefficient (Wildman–Crippen LogP) is 3.82. The summed E-state index contributed by atoms with van der Waals surface area (Å²) in [4.78, 5) is 49.3. The first-order valence-electron chi connectivity index (χ1n) is 20.2. The topological polar surface area (TPSA) is 194 Å². The molecule has 60 heavy (non-hydrogen) atoms. The number of ketones is 1. The number of nitrogens with zero attached hydrogens (tertiary/aromatic N) is 4. The van der Waals surface area contributed by atoms with Gasteiger partial charge in [0.2, 0.25) is 23.4 Å². The van der Waals surface area contributed by atoms with Crippen molar-refractivity contribution in [3.63, 3.8) is 0 Å². The van der Waals surface area contributed by atoms with Gasteiger partial charge in [-0.25, -0.2) is 4.79 Å². The van der Waals surface area contributed by atoms with E-state index in [9.17, 15) is 37.6 Å². The number of Topliss-reactive ketones (excluding diaryl/α,β-unsaturated/α-hetero) is 1. The van der Waals surface area contributed by atoms with E-state index >= 15 is 0 Å². The third-order valence-electron chi connectivity index (χ3n) is 12.1. The molecule has 1 amide bonds. The Morgan fingerprint density at radius 3 is 2.25 bits per heavy atom. The van der Waals surface area contributed by atoms with Gasteiger partial charge < -0.3 is 30.2 Å². The van der Waals surface area contributed by atoms with Gasteiger partial charge in [0.15, 0.2) is 11.5 Å². The quantitative estimate of drug-likeness (QED) is 0.0572. The van der Waals surface area contributed by atoms with Crippen molar-refractivity contribution in [2.45, 2.75) is 76.3 Å². The van der Waals surface area contributed by atoms with E-state index < -0.39 is 56.6 Å². The van der Waals surface area contributed by atoms with Gasteiger partial charge in [-0.1, -0.05) is 62.7 Å². The number of aromatic nitrogens is 1. The number of allylic oxidation sites excluding steroid dienone is 2. The van der Waals surface area contributed by atoms with Crippen LogP contribution < -0.4 is 20.4 Å². The highest BCUT2D eigenvalue weighted by atomic mass is 32.2. The Balaban J connectivity index is 1.15. The second-order valence-corrected chi connectivity index (χ2v) is 18.5. The van der Waals surface area contributed by atoms with E-state index in [-0.39, 0.29) is 30.5 Å². The van der Waals surface area contributed by atoms with Crippen molar-refractivity contribution in [3.05, 3.63) is 95.2 Å². The van der Waals surface area contributed by atoms with Crippen LogP contribution in [0.25, 0.3) is 0 Å². The minimum atomic E-state index is -4.64. The largest absolute Gasteiger partial charge is 0.492 e. The zero-order valence-corrected chi connectivity index (χ0v) is 36.1. The molecule has 0 radical (unpaired) electrons. The first kappa shape index (κ1) is 44.3. The molecule has 0 spiro atoms. The van der Waals surface area contributed by atoms with Gasteiger partial charge in [0.05, 0.1) is 23.1 Å². The Morgan fingerprint density at radius 1 is 0.950 bits per heavy atom. The number of carbonyl (C=O) groups excluding carboxylic acids is 3. The zero-order valence-electron chi connectivity index (χ0n) is 35.3. The molecular formula is C44H57N6O9S+. The van der Waals surface area contributed by atoms with E-state index in [4.69, 9.17) is 4.84 Å². The van der Waals surface area contributed by atoms with Gasteiger partial charge in [-0.3, -0.25) is 19.5 Å². The van der Waals surface area contributed by atoms with Crippen LogP contribution in [-0.2, 0) is 35.3 Å². The average Bonchev–Trinajstić information content (AvgIpc) is 3.68. The Labute approximate surface area is 351 Å². The summed E-state index contributed by atoms with van der Waals surface area (Å²) in [6.07, 6.45) is 5.83. The normalized spacial score (nSPS) is 21.0. The van der Waals surface area contributed by atoms with E-state index in [1.54, 1.807) is 0 Å². The maximum absolute atomic E-state index is 14.3. The van der Waals surface area contributed by atoms with Crippen molar-refractivity contribution >= 4 is 44.9 Å². The van der Waals surface area contributed by atoms with Gasteiger partial charge >= 0.3 is 5.97 Å². The molecule has 2 aliphatic heterocycles. The fourth-order valence-corrected chi connectivity index (χ4v) is 9.37. The number of benzene rings is 2. The standard InChI is InChI=1S/C44H56N6O9S/c1-43(2)30-15-10-12-17-33(30)48(6)35(43)25-28-40(29(41(28)54)26-36-44(3,4)31-16-11-13-18-34(31)49(36)7)46-32(27-60(56,57)58)42(55)45-22-24-47(5)23-14-8-9-19-39(53)59-50-37(51)20-21-38(50)52/h10-13,15-18,20-21,25-26,28,32,40,46H,8-9,14,19,22-24,27H2,1-7H3,(H3,45,54,55,56,57,58)/p+1. The van der Waals surface area contributed by atoms with Crippen LogP contribution in [0.3, 0.4) is 0 Å². The maximum atomic E-state index is 14.3. The number of hydrogen-bond acceptors (Lipinski definition) is 11. The summed E-state index contributed by atoms with van der Waals surface area (Å²) in [5.74, 6) is -3.78. The van der Waals surface area contributed by atoms with Crippen molar-refractivity contribution in [3.8, 4) is 11.8 Å². The number of amides is 1. The first-order valence-corrected chi connectivity index (χ1v) is 21.8. The van der Waals surface area contributed by atoms with Crippen LogP contribution in [0.4, 0.5) is 11.4 Å². The molecular weight excluding hydrogens is 789 g/mol. The van der Waals surface area contributed by atoms with Crippen LogP contribution in [-0.4, -0.2) is 119 Å².